The van der Waals surface area contributed by atoms with E-state index in [-0.39, 0.29) is 0 Å². The van der Waals surface area contributed by atoms with Crippen LogP contribution in [0.5, 0.6) is 0 Å². The number of hydrogen-bond donors (Lipinski definition) is 0. The fourth-order valence-corrected chi connectivity index (χ4v) is 2.29. The Kier molecular flexibility index (Phi) is 3.60. The Balaban J connectivity index is 1.97. The van der Waals surface area contributed by atoms with Crippen molar-refractivity contribution in [2.45, 2.75) is 13.5 Å². The third kappa shape index (κ3) is 2.74. The Morgan fingerprint density at radius 1 is 1.19 bits per heavy atom. The largest absolute Gasteiger partial charge is 0.298 e. The van der Waals surface area contributed by atoms with E-state index in [1.54, 1.807) is 23.3 Å². The number of carbonyl (C=O) groups excluding carboxylic acids is 1. The third-order valence-electron chi connectivity index (χ3n) is 3.45. The van der Waals surface area contributed by atoms with E-state index in [2.05, 4.69) is 29.1 Å². The van der Waals surface area contributed by atoms with E-state index in [0.29, 0.717) is 17.8 Å². The average molecular weight is 277 g/mol. The van der Waals surface area contributed by atoms with Crippen LogP contribution in [0.25, 0.3) is 11.3 Å². The molecule has 2 heterocycles. The van der Waals surface area contributed by atoms with E-state index in [1.165, 1.54) is 11.1 Å². The molecule has 0 bridgehead atoms. The van der Waals surface area contributed by atoms with Crippen molar-refractivity contribution < 1.29 is 4.79 Å². The maximum atomic E-state index is 11.3. The maximum Gasteiger partial charge on any atom is 0.153 e. The van der Waals surface area contributed by atoms with Crippen molar-refractivity contribution in [2.75, 3.05) is 0 Å². The lowest BCUT2D eigenvalue weighted by Crippen LogP contribution is -2.02. The molecule has 3 aromatic rings. The summed E-state index contributed by atoms with van der Waals surface area (Å²) in [6.45, 7) is 2.72. The molecule has 0 aliphatic heterocycles. The monoisotopic (exact) mass is 277 g/mol. The van der Waals surface area contributed by atoms with E-state index in [9.17, 15) is 4.79 Å². The van der Waals surface area contributed by atoms with E-state index in [0.717, 1.165) is 11.8 Å². The second kappa shape index (κ2) is 5.71. The molecule has 4 nitrogen and oxygen atoms in total. The van der Waals surface area contributed by atoms with Crippen molar-refractivity contribution >= 4 is 6.29 Å². The molecule has 0 spiro atoms. The van der Waals surface area contributed by atoms with Gasteiger partial charge in [-0.15, -0.1) is 0 Å². The van der Waals surface area contributed by atoms with Crippen LogP contribution in [-0.2, 0) is 6.54 Å². The molecule has 104 valence electrons. The fourth-order valence-electron chi connectivity index (χ4n) is 2.29. The molecule has 0 aliphatic rings. The second-order valence-electron chi connectivity index (χ2n) is 4.92. The number of aromatic nitrogens is 3. The van der Waals surface area contributed by atoms with Crippen molar-refractivity contribution in [1.29, 1.82) is 0 Å². The van der Waals surface area contributed by atoms with E-state index in [4.69, 9.17) is 0 Å². The van der Waals surface area contributed by atoms with Crippen LogP contribution in [-0.4, -0.2) is 21.1 Å². The minimum atomic E-state index is 0.580. The van der Waals surface area contributed by atoms with Gasteiger partial charge in [-0.05, 0) is 30.2 Å². The Morgan fingerprint density at radius 3 is 2.76 bits per heavy atom. The summed E-state index contributed by atoms with van der Waals surface area (Å²) >= 11 is 0. The van der Waals surface area contributed by atoms with E-state index in [1.807, 2.05) is 24.3 Å². The van der Waals surface area contributed by atoms with Gasteiger partial charge in [-0.25, -0.2) is 0 Å². The predicted molar refractivity (Wildman–Crippen MR) is 81.1 cm³/mol. The first-order chi connectivity index (χ1) is 10.3. The lowest BCUT2D eigenvalue weighted by Gasteiger charge is -2.05. The molecule has 3 rings (SSSR count). The molecule has 0 amide bonds. The second-order valence-corrected chi connectivity index (χ2v) is 4.92. The number of aldehydes is 1. The molecule has 0 fully saturated rings. The Bertz CT molecular complexity index is 763. The number of nitrogens with zero attached hydrogens (tertiary/aromatic N) is 3. The third-order valence-corrected chi connectivity index (χ3v) is 3.45. The smallest absolute Gasteiger partial charge is 0.153 e. The molecule has 4 heteroatoms. The van der Waals surface area contributed by atoms with Gasteiger partial charge in [0.1, 0.15) is 5.69 Å². The van der Waals surface area contributed by atoms with Gasteiger partial charge in [0.25, 0.3) is 0 Å². The molecule has 1 aromatic carbocycles. The zero-order valence-electron chi connectivity index (χ0n) is 11.7. The number of rotatable bonds is 4. The quantitative estimate of drug-likeness (QED) is 0.688. The standard InChI is InChI=1S/C17H15N3O/c1-13-5-2-3-6-15(13)10-20-11-16(12-21)17(19-20)14-7-4-8-18-9-14/h2-9,11-12H,10H2,1H3. The zero-order valence-corrected chi connectivity index (χ0v) is 11.7. The fraction of sp³-hybridized carbons (Fsp3) is 0.118. The number of hydrogen-bond acceptors (Lipinski definition) is 3. The van der Waals surface area contributed by atoms with Gasteiger partial charge in [0.15, 0.2) is 6.29 Å². The lowest BCUT2D eigenvalue weighted by atomic mass is 10.1. The summed E-state index contributed by atoms with van der Waals surface area (Å²) in [4.78, 5) is 15.3. The number of carbonyl (C=O) groups is 1. The minimum Gasteiger partial charge on any atom is -0.298 e. The van der Waals surface area contributed by atoms with Crippen LogP contribution in [0.3, 0.4) is 0 Å². The Hall–Kier alpha value is -2.75. The van der Waals surface area contributed by atoms with E-state index < -0.39 is 0 Å². The first-order valence-corrected chi connectivity index (χ1v) is 6.75. The molecule has 21 heavy (non-hydrogen) atoms. The van der Waals surface area contributed by atoms with Crippen LogP contribution in [0.4, 0.5) is 0 Å². The highest BCUT2D eigenvalue weighted by Crippen LogP contribution is 2.20. The first-order valence-electron chi connectivity index (χ1n) is 6.75. The van der Waals surface area contributed by atoms with Crippen LogP contribution < -0.4 is 0 Å². The molecule has 2 aromatic heterocycles. The molecule has 0 radical (unpaired) electrons. The van der Waals surface area contributed by atoms with Gasteiger partial charge in [-0.1, -0.05) is 24.3 Å². The van der Waals surface area contributed by atoms with E-state index >= 15 is 0 Å². The molecular weight excluding hydrogens is 262 g/mol. The van der Waals surface area contributed by atoms with Crippen LogP contribution in [0, 0.1) is 6.92 Å². The molecule has 0 N–H and O–H groups in total. The highest BCUT2D eigenvalue weighted by Gasteiger charge is 2.11. The SMILES string of the molecule is Cc1ccccc1Cn1cc(C=O)c(-c2cccnc2)n1. The number of aryl methyl sites for hydroxylation is 1. The van der Waals surface area contributed by atoms with Gasteiger partial charge < -0.3 is 0 Å². The van der Waals surface area contributed by atoms with Crippen LogP contribution in [0.2, 0.25) is 0 Å². The van der Waals surface area contributed by atoms with Crippen molar-refractivity contribution in [3.05, 3.63) is 71.7 Å². The first kappa shape index (κ1) is 13.2. The van der Waals surface area contributed by atoms with Crippen molar-refractivity contribution in [3.8, 4) is 11.3 Å². The summed E-state index contributed by atoms with van der Waals surface area (Å²) in [6, 6.07) is 11.9. The zero-order chi connectivity index (χ0) is 14.7. The van der Waals surface area contributed by atoms with Gasteiger partial charge in [-0.2, -0.15) is 5.10 Å². The highest BCUT2D eigenvalue weighted by molar-refractivity contribution is 5.85. The summed E-state index contributed by atoms with van der Waals surface area (Å²) in [5, 5.41) is 4.53. The molecule has 0 unspecified atom stereocenters. The summed E-state index contributed by atoms with van der Waals surface area (Å²) in [6.07, 6.45) is 6.04. The van der Waals surface area contributed by atoms with Crippen molar-refractivity contribution in [3.63, 3.8) is 0 Å². The van der Waals surface area contributed by atoms with Crippen molar-refractivity contribution in [2.24, 2.45) is 0 Å². The normalized spacial score (nSPS) is 10.5. The maximum absolute atomic E-state index is 11.3. The highest BCUT2D eigenvalue weighted by atomic mass is 16.1. The molecule has 0 atom stereocenters. The molecular formula is C17H15N3O. The molecule has 0 saturated heterocycles. The summed E-state index contributed by atoms with van der Waals surface area (Å²) in [5.74, 6) is 0. The van der Waals surface area contributed by atoms with Gasteiger partial charge in [0, 0.05) is 24.2 Å². The average Bonchev–Trinajstić information content (AvgIpc) is 2.93. The van der Waals surface area contributed by atoms with Gasteiger partial charge in [0.2, 0.25) is 0 Å². The minimum absolute atomic E-state index is 0.580. The van der Waals surface area contributed by atoms with Gasteiger partial charge in [0.05, 0.1) is 12.1 Å². The lowest BCUT2D eigenvalue weighted by molar-refractivity contribution is 0.112. The van der Waals surface area contributed by atoms with Crippen LogP contribution >= 0.6 is 0 Å². The number of benzene rings is 1. The summed E-state index contributed by atoms with van der Waals surface area (Å²) in [7, 11) is 0. The summed E-state index contributed by atoms with van der Waals surface area (Å²) < 4.78 is 1.80. The number of pyridine rings is 1. The topological polar surface area (TPSA) is 47.8 Å². The van der Waals surface area contributed by atoms with Crippen molar-refractivity contribution in [1.82, 2.24) is 14.8 Å². The van der Waals surface area contributed by atoms with Crippen LogP contribution in [0.1, 0.15) is 21.5 Å². The Labute approximate surface area is 123 Å². The molecule has 0 saturated carbocycles. The molecule has 0 aliphatic carbocycles. The van der Waals surface area contributed by atoms with Gasteiger partial charge in [-0.3, -0.25) is 14.5 Å². The predicted octanol–water partition coefficient (Wildman–Crippen LogP) is 3.11. The van der Waals surface area contributed by atoms with Gasteiger partial charge >= 0.3 is 0 Å². The Morgan fingerprint density at radius 2 is 2.05 bits per heavy atom. The summed E-state index contributed by atoms with van der Waals surface area (Å²) in [5.41, 5.74) is 4.50. The van der Waals surface area contributed by atoms with Crippen LogP contribution in [0.15, 0.2) is 55.0 Å².